The van der Waals surface area contributed by atoms with Crippen LogP contribution in [0.4, 0.5) is 10.5 Å². The first-order chi connectivity index (χ1) is 14.7. The molecule has 0 saturated carbocycles. The van der Waals surface area contributed by atoms with E-state index in [1.165, 1.54) is 17.3 Å². The maximum Gasteiger partial charge on any atom is 0.325 e. The third kappa shape index (κ3) is 3.66. The number of carbonyl (C=O) groups is 3. The zero-order valence-electron chi connectivity index (χ0n) is 17.0. The number of amides is 4. The molecular formula is C20H19ClN6O4. The maximum absolute atomic E-state index is 13.1. The van der Waals surface area contributed by atoms with Crippen LogP contribution in [0.5, 0.6) is 0 Å². The smallest absolute Gasteiger partial charge is 0.325 e. The second-order valence-corrected chi connectivity index (χ2v) is 7.76. The van der Waals surface area contributed by atoms with Crippen molar-refractivity contribution in [3.8, 4) is 5.69 Å². The fourth-order valence-electron chi connectivity index (χ4n) is 3.62. The van der Waals surface area contributed by atoms with E-state index >= 15 is 0 Å². The zero-order valence-corrected chi connectivity index (χ0v) is 17.7. The summed E-state index contributed by atoms with van der Waals surface area (Å²) in [5, 5.41) is 9.80. The molecule has 3 heterocycles. The molecule has 4 rings (SSSR count). The Labute approximate surface area is 182 Å². The van der Waals surface area contributed by atoms with E-state index in [4.69, 9.17) is 16.0 Å². The number of hydrogen-bond donors (Lipinski definition) is 2. The van der Waals surface area contributed by atoms with Gasteiger partial charge in [-0.25, -0.2) is 14.5 Å². The van der Waals surface area contributed by atoms with Gasteiger partial charge in [-0.15, -0.1) is 0 Å². The van der Waals surface area contributed by atoms with Crippen LogP contribution >= 0.6 is 11.6 Å². The third-order valence-electron chi connectivity index (χ3n) is 5.05. The summed E-state index contributed by atoms with van der Waals surface area (Å²) in [6, 6.07) is 5.90. The molecule has 0 bridgehead atoms. The first kappa shape index (κ1) is 20.6. The molecule has 31 heavy (non-hydrogen) atoms. The summed E-state index contributed by atoms with van der Waals surface area (Å²) in [7, 11) is 0. The molecule has 10 nitrogen and oxygen atoms in total. The van der Waals surface area contributed by atoms with Crippen molar-refractivity contribution in [1.82, 2.24) is 25.0 Å². The van der Waals surface area contributed by atoms with Crippen molar-refractivity contribution in [2.24, 2.45) is 0 Å². The summed E-state index contributed by atoms with van der Waals surface area (Å²) in [6.07, 6.45) is 2.82. The molecule has 1 saturated heterocycles. The summed E-state index contributed by atoms with van der Waals surface area (Å²) >= 11 is 6.07. The van der Waals surface area contributed by atoms with E-state index in [1.807, 2.05) is 0 Å². The molecule has 1 aliphatic rings. The van der Waals surface area contributed by atoms with Crippen LogP contribution < -0.4 is 10.6 Å². The van der Waals surface area contributed by atoms with Crippen LogP contribution in [-0.2, 0) is 15.1 Å². The molecule has 2 N–H and O–H groups in total. The van der Waals surface area contributed by atoms with Gasteiger partial charge in [0.1, 0.15) is 36.3 Å². The van der Waals surface area contributed by atoms with E-state index in [-0.39, 0.29) is 0 Å². The van der Waals surface area contributed by atoms with Crippen LogP contribution in [0.25, 0.3) is 5.69 Å². The number of urea groups is 1. The van der Waals surface area contributed by atoms with Gasteiger partial charge >= 0.3 is 6.03 Å². The average molecular weight is 443 g/mol. The molecule has 0 aliphatic carbocycles. The van der Waals surface area contributed by atoms with Crippen LogP contribution in [0.1, 0.15) is 24.0 Å². The van der Waals surface area contributed by atoms with Gasteiger partial charge in [0, 0.05) is 10.6 Å². The fourth-order valence-corrected chi connectivity index (χ4v) is 3.80. The molecule has 1 atom stereocenters. The van der Waals surface area contributed by atoms with Crippen molar-refractivity contribution in [2.75, 3.05) is 11.9 Å². The lowest BCUT2D eigenvalue weighted by atomic mass is 9.92. The Morgan fingerprint density at radius 3 is 2.71 bits per heavy atom. The molecule has 1 aliphatic heterocycles. The third-order valence-corrected chi connectivity index (χ3v) is 5.29. The first-order valence-electron chi connectivity index (χ1n) is 9.35. The lowest BCUT2D eigenvalue weighted by Crippen LogP contribution is -2.42. The van der Waals surface area contributed by atoms with Crippen LogP contribution in [0.15, 0.2) is 41.3 Å². The molecule has 0 radical (unpaired) electrons. The highest BCUT2D eigenvalue weighted by Crippen LogP contribution is 2.33. The molecule has 160 valence electrons. The standard InChI is InChI=1S/C20H19ClN6O4/c1-11-6-14(12(2)31-11)20(3)18(29)26(19(30)25-20)8-17(28)24-15-7-13(21)4-5-16(15)27-10-22-9-23-27/h4-7,9-10H,8H2,1-3H3,(H,24,28)(H,25,30). The van der Waals surface area contributed by atoms with Gasteiger partial charge < -0.3 is 15.1 Å². The highest BCUT2D eigenvalue weighted by molar-refractivity contribution is 6.31. The van der Waals surface area contributed by atoms with Gasteiger partial charge in [0.25, 0.3) is 5.91 Å². The molecule has 2 aromatic heterocycles. The number of carbonyl (C=O) groups excluding carboxylic acids is 3. The predicted molar refractivity (Wildman–Crippen MR) is 111 cm³/mol. The lowest BCUT2D eigenvalue weighted by Gasteiger charge is -2.21. The Hall–Kier alpha value is -3.66. The minimum Gasteiger partial charge on any atom is -0.466 e. The normalized spacial score (nSPS) is 18.4. The maximum atomic E-state index is 13.1. The molecule has 4 amide bonds. The predicted octanol–water partition coefficient (Wildman–Crippen LogP) is 2.54. The summed E-state index contributed by atoms with van der Waals surface area (Å²) in [6.45, 7) is 4.58. The molecular weight excluding hydrogens is 424 g/mol. The second-order valence-electron chi connectivity index (χ2n) is 7.32. The number of halogens is 1. The number of aryl methyl sites for hydroxylation is 2. The van der Waals surface area contributed by atoms with Crippen LogP contribution in [0.3, 0.4) is 0 Å². The minimum absolute atomic E-state index is 0.360. The molecule has 1 unspecified atom stereocenters. The zero-order chi connectivity index (χ0) is 22.3. The number of aromatic nitrogens is 3. The van der Waals surface area contributed by atoms with E-state index in [9.17, 15) is 14.4 Å². The van der Waals surface area contributed by atoms with Crippen LogP contribution in [0, 0.1) is 13.8 Å². The summed E-state index contributed by atoms with van der Waals surface area (Å²) in [5.41, 5.74) is 0.122. The van der Waals surface area contributed by atoms with Gasteiger partial charge in [0.15, 0.2) is 0 Å². The summed E-state index contributed by atoms with van der Waals surface area (Å²) in [4.78, 5) is 43.1. The van der Waals surface area contributed by atoms with E-state index in [1.54, 1.807) is 45.0 Å². The van der Waals surface area contributed by atoms with Crippen LogP contribution in [0.2, 0.25) is 5.02 Å². The Kier molecular flexibility index (Phi) is 5.02. The monoisotopic (exact) mass is 442 g/mol. The van der Waals surface area contributed by atoms with Gasteiger partial charge in [-0.05, 0) is 45.0 Å². The number of nitrogens with zero attached hydrogens (tertiary/aromatic N) is 4. The highest BCUT2D eigenvalue weighted by Gasteiger charge is 2.51. The lowest BCUT2D eigenvalue weighted by molar-refractivity contribution is -0.133. The number of furan rings is 1. The van der Waals surface area contributed by atoms with Gasteiger partial charge in [-0.1, -0.05) is 11.6 Å². The highest BCUT2D eigenvalue weighted by atomic mass is 35.5. The summed E-state index contributed by atoms with van der Waals surface area (Å²) < 4.78 is 6.96. The van der Waals surface area contributed by atoms with Gasteiger partial charge in [0.05, 0.1) is 11.4 Å². The number of imide groups is 1. The summed E-state index contributed by atoms with van der Waals surface area (Å²) in [5.74, 6) is 0.0283. The largest absolute Gasteiger partial charge is 0.466 e. The van der Waals surface area contributed by atoms with Crippen molar-refractivity contribution in [3.63, 3.8) is 0 Å². The van der Waals surface area contributed by atoms with E-state index < -0.39 is 29.9 Å². The van der Waals surface area contributed by atoms with Crippen molar-refractivity contribution >= 4 is 35.1 Å². The van der Waals surface area contributed by atoms with Gasteiger partial charge in [-0.3, -0.25) is 14.5 Å². The van der Waals surface area contributed by atoms with Crippen molar-refractivity contribution in [3.05, 3.63) is 59.0 Å². The SMILES string of the molecule is Cc1cc(C2(C)NC(=O)N(CC(=O)Nc3cc(Cl)ccc3-n3cncn3)C2=O)c(C)o1. The van der Waals surface area contributed by atoms with Crippen molar-refractivity contribution in [2.45, 2.75) is 26.3 Å². The average Bonchev–Trinajstić information content (AvgIpc) is 3.39. The van der Waals surface area contributed by atoms with E-state index in [0.717, 1.165) is 4.90 Å². The quantitative estimate of drug-likeness (QED) is 0.585. The fraction of sp³-hybridized carbons (Fsp3) is 0.250. The molecule has 1 fully saturated rings. The Balaban J connectivity index is 1.55. The number of hydrogen-bond acceptors (Lipinski definition) is 6. The van der Waals surface area contributed by atoms with Crippen molar-refractivity contribution in [1.29, 1.82) is 0 Å². The Morgan fingerprint density at radius 2 is 2.06 bits per heavy atom. The topological polar surface area (TPSA) is 122 Å². The first-order valence-corrected chi connectivity index (χ1v) is 9.73. The van der Waals surface area contributed by atoms with Gasteiger partial charge in [-0.2, -0.15) is 5.10 Å². The number of nitrogens with one attached hydrogen (secondary N) is 2. The second kappa shape index (κ2) is 7.55. The molecule has 3 aromatic rings. The number of rotatable bonds is 5. The van der Waals surface area contributed by atoms with E-state index in [0.29, 0.717) is 33.5 Å². The van der Waals surface area contributed by atoms with Gasteiger partial charge in [0.2, 0.25) is 5.91 Å². The molecule has 0 spiro atoms. The minimum atomic E-state index is -1.32. The molecule has 1 aromatic carbocycles. The van der Waals surface area contributed by atoms with E-state index in [2.05, 4.69) is 20.7 Å². The number of benzene rings is 1. The Morgan fingerprint density at radius 1 is 1.29 bits per heavy atom. The van der Waals surface area contributed by atoms with Crippen LogP contribution in [-0.4, -0.2) is 44.1 Å². The number of anilines is 1. The Bertz CT molecular complexity index is 1190. The van der Waals surface area contributed by atoms with Crippen molar-refractivity contribution < 1.29 is 18.8 Å². The molecule has 11 heteroatoms.